The van der Waals surface area contributed by atoms with Gasteiger partial charge in [-0.25, -0.2) is 0 Å². The standard InChI is InChI=1S/C10H11BrN2O3/c1-5-4-8(11)6(2)10(13(15)16)9(5)12-7(3)14/h4H,1-3H3,(H,12,14). The predicted molar refractivity (Wildman–Crippen MR) is 64.6 cm³/mol. The Hall–Kier alpha value is -1.43. The number of nitrogens with zero attached hydrogens (tertiary/aromatic N) is 1. The van der Waals surface area contributed by atoms with Crippen LogP contribution in [0.2, 0.25) is 0 Å². The van der Waals surface area contributed by atoms with Crippen LogP contribution in [0.3, 0.4) is 0 Å². The van der Waals surface area contributed by atoms with Gasteiger partial charge in [0.1, 0.15) is 5.69 Å². The Balaban J connectivity index is 3.50. The first-order chi connectivity index (χ1) is 7.34. The van der Waals surface area contributed by atoms with Gasteiger partial charge in [0.2, 0.25) is 5.91 Å². The molecule has 6 heteroatoms. The van der Waals surface area contributed by atoms with Crippen LogP contribution in [0.15, 0.2) is 10.5 Å². The Morgan fingerprint density at radius 2 is 2.06 bits per heavy atom. The molecule has 0 aliphatic heterocycles. The summed E-state index contributed by atoms with van der Waals surface area (Å²) < 4.78 is 0.658. The maximum atomic E-state index is 11.0. The summed E-state index contributed by atoms with van der Waals surface area (Å²) in [6, 6.07) is 1.74. The number of nitro groups is 1. The van der Waals surface area contributed by atoms with Gasteiger partial charge in [0.15, 0.2) is 0 Å². The van der Waals surface area contributed by atoms with Gasteiger partial charge in [-0.05, 0) is 25.5 Å². The molecule has 5 nitrogen and oxygen atoms in total. The van der Waals surface area contributed by atoms with Crippen LogP contribution >= 0.6 is 15.9 Å². The van der Waals surface area contributed by atoms with Gasteiger partial charge in [-0.15, -0.1) is 0 Å². The fourth-order valence-corrected chi connectivity index (χ4v) is 1.95. The molecule has 86 valence electrons. The average molecular weight is 287 g/mol. The predicted octanol–water partition coefficient (Wildman–Crippen LogP) is 2.93. The van der Waals surface area contributed by atoms with E-state index < -0.39 is 4.92 Å². The van der Waals surface area contributed by atoms with Gasteiger partial charge in [0, 0.05) is 17.0 Å². The number of carbonyl (C=O) groups is 1. The molecule has 0 atom stereocenters. The highest BCUT2D eigenvalue weighted by Crippen LogP contribution is 2.36. The Morgan fingerprint density at radius 3 is 2.50 bits per heavy atom. The first-order valence-electron chi connectivity index (χ1n) is 4.56. The molecule has 1 rings (SSSR count). The number of nitrogens with one attached hydrogen (secondary N) is 1. The minimum absolute atomic E-state index is 0.0675. The van der Waals surface area contributed by atoms with E-state index in [2.05, 4.69) is 21.2 Å². The van der Waals surface area contributed by atoms with Crippen molar-refractivity contribution in [3.05, 3.63) is 31.8 Å². The minimum Gasteiger partial charge on any atom is -0.320 e. The molecule has 0 saturated carbocycles. The van der Waals surface area contributed by atoms with Crippen LogP contribution in [0.4, 0.5) is 11.4 Å². The quantitative estimate of drug-likeness (QED) is 0.671. The van der Waals surface area contributed by atoms with E-state index in [0.717, 1.165) is 0 Å². The zero-order valence-electron chi connectivity index (χ0n) is 9.13. The Labute approximate surface area is 101 Å². The Kier molecular flexibility index (Phi) is 3.64. The number of nitro benzene ring substituents is 1. The molecule has 0 heterocycles. The highest BCUT2D eigenvalue weighted by atomic mass is 79.9. The van der Waals surface area contributed by atoms with Gasteiger partial charge in [-0.1, -0.05) is 15.9 Å². The number of rotatable bonds is 2. The summed E-state index contributed by atoms with van der Waals surface area (Å²) in [6.45, 7) is 4.66. The van der Waals surface area contributed by atoms with Crippen LogP contribution < -0.4 is 5.32 Å². The van der Waals surface area contributed by atoms with Crippen molar-refractivity contribution in [2.45, 2.75) is 20.8 Å². The molecular weight excluding hydrogens is 276 g/mol. The second-order valence-corrected chi connectivity index (χ2v) is 4.32. The lowest BCUT2D eigenvalue weighted by Gasteiger charge is -2.10. The van der Waals surface area contributed by atoms with Crippen molar-refractivity contribution >= 4 is 33.2 Å². The average Bonchev–Trinajstić information content (AvgIpc) is 2.13. The Bertz CT molecular complexity index is 472. The normalized spacial score (nSPS) is 10.0. The maximum Gasteiger partial charge on any atom is 0.297 e. The van der Waals surface area contributed by atoms with Crippen LogP contribution in [0.5, 0.6) is 0 Å². The summed E-state index contributed by atoms with van der Waals surface area (Å²) in [5.41, 5.74) is 1.35. The zero-order chi connectivity index (χ0) is 12.5. The number of benzene rings is 1. The molecule has 0 aliphatic rings. The zero-order valence-corrected chi connectivity index (χ0v) is 10.7. The van der Waals surface area contributed by atoms with Gasteiger partial charge in [-0.2, -0.15) is 0 Å². The summed E-state index contributed by atoms with van der Waals surface area (Å²) in [5.74, 6) is -0.326. The van der Waals surface area contributed by atoms with E-state index in [9.17, 15) is 14.9 Å². The minimum atomic E-state index is -0.488. The van der Waals surface area contributed by atoms with E-state index in [4.69, 9.17) is 0 Å². The number of aryl methyl sites for hydroxylation is 1. The molecule has 16 heavy (non-hydrogen) atoms. The third-order valence-electron chi connectivity index (χ3n) is 2.17. The summed E-state index contributed by atoms with van der Waals surface area (Å²) in [5, 5.41) is 13.5. The topological polar surface area (TPSA) is 72.2 Å². The number of hydrogen-bond donors (Lipinski definition) is 1. The molecule has 1 aromatic carbocycles. The lowest BCUT2D eigenvalue weighted by Crippen LogP contribution is -2.10. The van der Waals surface area contributed by atoms with E-state index in [1.165, 1.54) is 6.92 Å². The van der Waals surface area contributed by atoms with E-state index >= 15 is 0 Å². The molecular formula is C10H11BrN2O3. The van der Waals surface area contributed by atoms with Crippen molar-refractivity contribution in [2.24, 2.45) is 0 Å². The fourth-order valence-electron chi connectivity index (χ4n) is 1.42. The molecule has 1 N–H and O–H groups in total. The molecule has 1 amide bonds. The molecule has 0 fully saturated rings. The molecule has 0 aromatic heterocycles. The monoisotopic (exact) mass is 286 g/mol. The first kappa shape index (κ1) is 12.6. The summed E-state index contributed by atoms with van der Waals surface area (Å²) >= 11 is 3.25. The van der Waals surface area contributed by atoms with Crippen LogP contribution in [0.25, 0.3) is 0 Å². The van der Waals surface area contributed by atoms with Gasteiger partial charge in [0.25, 0.3) is 5.69 Å². The Morgan fingerprint density at radius 1 is 1.50 bits per heavy atom. The molecule has 0 radical (unpaired) electrons. The van der Waals surface area contributed by atoms with Gasteiger partial charge in [0.05, 0.1) is 4.92 Å². The van der Waals surface area contributed by atoms with Gasteiger partial charge >= 0.3 is 0 Å². The second kappa shape index (κ2) is 4.61. The number of carbonyl (C=O) groups excluding carboxylic acids is 1. The molecule has 0 saturated heterocycles. The maximum absolute atomic E-state index is 11.0. The smallest absolute Gasteiger partial charge is 0.297 e. The van der Waals surface area contributed by atoms with Crippen LogP contribution in [-0.2, 0) is 4.79 Å². The van der Waals surface area contributed by atoms with Gasteiger partial charge < -0.3 is 5.32 Å². The van der Waals surface area contributed by atoms with Crippen molar-refractivity contribution in [3.8, 4) is 0 Å². The SMILES string of the molecule is CC(=O)Nc1c(C)cc(Br)c(C)c1[N+](=O)[O-]. The molecule has 1 aromatic rings. The summed E-state index contributed by atoms with van der Waals surface area (Å²) in [4.78, 5) is 21.5. The highest BCUT2D eigenvalue weighted by molar-refractivity contribution is 9.10. The largest absolute Gasteiger partial charge is 0.320 e. The number of anilines is 1. The van der Waals surface area contributed by atoms with Crippen molar-refractivity contribution in [1.29, 1.82) is 0 Å². The van der Waals surface area contributed by atoms with E-state index in [1.807, 2.05) is 0 Å². The van der Waals surface area contributed by atoms with Crippen molar-refractivity contribution in [3.63, 3.8) is 0 Å². The van der Waals surface area contributed by atoms with Gasteiger partial charge in [-0.3, -0.25) is 14.9 Å². The van der Waals surface area contributed by atoms with E-state index in [1.54, 1.807) is 19.9 Å². The highest BCUT2D eigenvalue weighted by Gasteiger charge is 2.22. The molecule has 0 bridgehead atoms. The molecule has 0 aliphatic carbocycles. The summed E-state index contributed by atoms with van der Waals surface area (Å²) in [6.07, 6.45) is 0. The van der Waals surface area contributed by atoms with Crippen LogP contribution in [-0.4, -0.2) is 10.8 Å². The van der Waals surface area contributed by atoms with E-state index in [0.29, 0.717) is 15.6 Å². The van der Waals surface area contributed by atoms with Crippen molar-refractivity contribution in [2.75, 3.05) is 5.32 Å². The number of amides is 1. The third kappa shape index (κ3) is 2.38. The van der Waals surface area contributed by atoms with E-state index in [-0.39, 0.29) is 17.3 Å². The van der Waals surface area contributed by atoms with Crippen molar-refractivity contribution < 1.29 is 9.72 Å². The first-order valence-corrected chi connectivity index (χ1v) is 5.35. The molecule has 0 spiro atoms. The third-order valence-corrected chi connectivity index (χ3v) is 3.00. The fraction of sp³-hybridized carbons (Fsp3) is 0.300. The summed E-state index contributed by atoms with van der Waals surface area (Å²) in [7, 11) is 0. The van der Waals surface area contributed by atoms with Crippen molar-refractivity contribution in [1.82, 2.24) is 0 Å². The van der Waals surface area contributed by atoms with Crippen LogP contribution in [0, 0.1) is 24.0 Å². The van der Waals surface area contributed by atoms with Crippen LogP contribution in [0.1, 0.15) is 18.1 Å². The lowest BCUT2D eigenvalue weighted by molar-refractivity contribution is -0.384. The number of halogens is 1. The second-order valence-electron chi connectivity index (χ2n) is 3.46. The lowest BCUT2D eigenvalue weighted by atomic mass is 10.1. The molecule has 0 unspecified atom stereocenters. The number of hydrogen-bond acceptors (Lipinski definition) is 3.